The summed E-state index contributed by atoms with van der Waals surface area (Å²) in [6, 6.07) is 28.7. The van der Waals surface area contributed by atoms with Gasteiger partial charge >= 0.3 is 0 Å². The molecule has 0 aliphatic carbocycles. The average Bonchev–Trinajstić information content (AvgIpc) is 2.80. The Labute approximate surface area is 179 Å². The topological polar surface area (TPSA) is 35.6 Å². The summed E-state index contributed by atoms with van der Waals surface area (Å²) in [6.07, 6.45) is 0.411. The second-order valence-corrected chi connectivity index (χ2v) is 7.96. The van der Waals surface area contributed by atoms with Gasteiger partial charge < -0.3 is 15.1 Å². The van der Waals surface area contributed by atoms with Gasteiger partial charge in [-0.25, -0.2) is 0 Å². The van der Waals surface area contributed by atoms with Crippen LogP contribution >= 0.6 is 0 Å². The Morgan fingerprint density at radius 2 is 1.33 bits per heavy atom. The Bertz CT molecular complexity index is 894. The molecule has 0 bridgehead atoms. The Morgan fingerprint density at radius 1 is 0.800 bits per heavy atom. The van der Waals surface area contributed by atoms with E-state index in [4.69, 9.17) is 0 Å². The molecular weight excluding hydrogens is 370 g/mol. The zero-order valence-corrected chi connectivity index (χ0v) is 17.5. The van der Waals surface area contributed by atoms with Gasteiger partial charge in [0.2, 0.25) is 5.91 Å². The van der Waals surface area contributed by atoms with Crippen molar-refractivity contribution in [1.82, 2.24) is 4.90 Å². The summed E-state index contributed by atoms with van der Waals surface area (Å²) in [5.41, 5.74) is 4.37. The summed E-state index contributed by atoms with van der Waals surface area (Å²) in [7, 11) is 2.16. The summed E-state index contributed by atoms with van der Waals surface area (Å²) < 4.78 is 0. The lowest BCUT2D eigenvalue weighted by molar-refractivity contribution is -0.116. The van der Waals surface area contributed by atoms with E-state index in [2.05, 4.69) is 58.6 Å². The first-order valence-electron chi connectivity index (χ1n) is 10.6. The number of carbonyl (C=O) groups excluding carboxylic acids is 1. The van der Waals surface area contributed by atoms with Crippen LogP contribution in [-0.2, 0) is 4.79 Å². The van der Waals surface area contributed by atoms with Crippen LogP contribution in [0, 0.1) is 0 Å². The maximum absolute atomic E-state index is 12.9. The normalized spacial score (nSPS) is 14.7. The molecule has 0 spiro atoms. The number of anilines is 2. The van der Waals surface area contributed by atoms with E-state index in [0.29, 0.717) is 6.42 Å². The van der Waals surface area contributed by atoms with Crippen molar-refractivity contribution in [2.24, 2.45) is 0 Å². The first kappa shape index (κ1) is 20.2. The minimum absolute atomic E-state index is 0.0278. The fourth-order valence-electron chi connectivity index (χ4n) is 4.02. The Morgan fingerprint density at radius 3 is 1.87 bits per heavy atom. The molecule has 1 N–H and O–H groups in total. The van der Waals surface area contributed by atoms with Crippen LogP contribution in [-0.4, -0.2) is 44.0 Å². The van der Waals surface area contributed by atoms with Gasteiger partial charge in [0.15, 0.2) is 0 Å². The van der Waals surface area contributed by atoms with Crippen molar-refractivity contribution in [2.75, 3.05) is 43.4 Å². The molecule has 0 radical (unpaired) electrons. The number of nitrogens with zero attached hydrogens (tertiary/aromatic N) is 2. The van der Waals surface area contributed by atoms with Gasteiger partial charge in [-0.2, -0.15) is 0 Å². The zero-order valence-electron chi connectivity index (χ0n) is 17.5. The molecule has 0 atom stereocenters. The van der Waals surface area contributed by atoms with Crippen molar-refractivity contribution in [3.63, 3.8) is 0 Å². The highest BCUT2D eigenvalue weighted by atomic mass is 16.1. The molecule has 30 heavy (non-hydrogen) atoms. The maximum Gasteiger partial charge on any atom is 0.225 e. The number of hydrogen-bond donors (Lipinski definition) is 1. The molecule has 0 aromatic heterocycles. The van der Waals surface area contributed by atoms with E-state index < -0.39 is 0 Å². The van der Waals surface area contributed by atoms with Crippen LogP contribution < -0.4 is 10.2 Å². The fraction of sp³-hybridized carbons (Fsp3) is 0.269. The third kappa shape index (κ3) is 5.08. The predicted octanol–water partition coefficient (Wildman–Crippen LogP) is 4.60. The van der Waals surface area contributed by atoms with Crippen molar-refractivity contribution in [3.8, 4) is 0 Å². The Kier molecular flexibility index (Phi) is 6.45. The number of benzene rings is 3. The first-order chi connectivity index (χ1) is 14.7. The number of amides is 1. The lowest BCUT2D eigenvalue weighted by Gasteiger charge is -2.34. The highest BCUT2D eigenvalue weighted by Crippen LogP contribution is 2.28. The van der Waals surface area contributed by atoms with Crippen LogP contribution in [0.25, 0.3) is 0 Å². The minimum Gasteiger partial charge on any atom is -0.369 e. The highest BCUT2D eigenvalue weighted by Gasteiger charge is 2.18. The molecule has 0 saturated carbocycles. The average molecular weight is 400 g/mol. The van der Waals surface area contributed by atoms with Gasteiger partial charge in [0.1, 0.15) is 0 Å². The fourth-order valence-corrected chi connectivity index (χ4v) is 4.02. The molecule has 1 aliphatic rings. The molecule has 3 aromatic rings. The van der Waals surface area contributed by atoms with E-state index >= 15 is 0 Å². The third-order valence-electron chi connectivity index (χ3n) is 5.81. The number of carbonyl (C=O) groups is 1. The number of hydrogen-bond acceptors (Lipinski definition) is 3. The van der Waals surface area contributed by atoms with Crippen molar-refractivity contribution in [3.05, 3.63) is 96.1 Å². The standard InChI is InChI=1S/C26H29N3O/c1-28-16-18-29(19-17-28)24-14-12-23(13-15-24)27-26(30)20-25(21-8-4-2-5-9-21)22-10-6-3-7-11-22/h2-15,25H,16-20H2,1H3,(H,27,30). The van der Waals surface area contributed by atoms with Crippen LogP contribution in [0.2, 0.25) is 0 Å². The van der Waals surface area contributed by atoms with E-state index in [1.807, 2.05) is 48.5 Å². The SMILES string of the molecule is CN1CCN(c2ccc(NC(=O)CC(c3ccccc3)c3ccccc3)cc2)CC1. The summed E-state index contributed by atoms with van der Waals surface area (Å²) in [4.78, 5) is 17.6. The molecule has 1 fully saturated rings. The van der Waals surface area contributed by atoms with Crippen LogP contribution in [0.15, 0.2) is 84.9 Å². The van der Waals surface area contributed by atoms with Gasteiger partial charge in [0.25, 0.3) is 0 Å². The predicted molar refractivity (Wildman–Crippen MR) is 124 cm³/mol. The van der Waals surface area contributed by atoms with E-state index in [1.54, 1.807) is 0 Å². The van der Waals surface area contributed by atoms with E-state index in [9.17, 15) is 4.79 Å². The van der Waals surface area contributed by atoms with Crippen molar-refractivity contribution in [1.29, 1.82) is 0 Å². The molecule has 4 rings (SSSR count). The van der Waals surface area contributed by atoms with E-state index in [1.165, 1.54) is 5.69 Å². The summed E-state index contributed by atoms with van der Waals surface area (Å²) >= 11 is 0. The molecule has 4 nitrogen and oxygen atoms in total. The van der Waals surface area contributed by atoms with Gasteiger partial charge in [-0.1, -0.05) is 60.7 Å². The summed E-state index contributed by atoms with van der Waals surface area (Å²) in [5, 5.41) is 3.08. The van der Waals surface area contributed by atoms with Crippen molar-refractivity contribution in [2.45, 2.75) is 12.3 Å². The van der Waals surface area contributed by atoms with Gasteiger partial charge in [0, 0.05) is 49.9 Å². The maximum atomic E-state index is 12.9. The van der Waals surface area contributed by atoms with E-state index in [-0.39, 0.29) is 11.8 Å². The van der Waals surface area contributed by atoms with Crippen molar-refractivity contribution < 1.29 is 4.79 Å². The molecule has 1 amide bonds. The Hall–Kier alpha value is -3.11. The molecule has 1 heterocycles. The number of rotatable bonds is 6. The van der Waals surface area contributed by atoms with Crippen LogP contribution in [0.3, 0.4) is 0 Å². The molecule has 4 heteroatoms. The molecule has 1 saturated heterocycles. The molecular formula is C26H29N3O. The monoisotopic (exact) mass is 399 g/mol. The zero-order chi connectivity index (χ0) is 20.8. The van der Waals surface area contributed by atoms with E-state index in [0.717, 1.165) is 43.0 Å². The van der Waals surface area contributed by atoms with Crippen LogP contribution in [0.1, 0.15) is 23.5 Å². The third-order valence-corrected chi connectivity index (χ3v) is 5.81. The van der Waals surface area contributed by atoms with Crippen LogP contribution in [0.4, 0.5) is 11.4 Å². The second kappa shape index (κ2) is 9.59. The lowest BCUT2D eigenvalue weighted by Crippen LogP contribution is -2.44. The largest absolute Gasteiger partial charge is 0.369 e. The van der Waals surface area contributed by atoms with Gasteiger partial charge in [-0.05, 0) is 42.4 Å². The van der Waals surface area contributed by atoms with Crippen LogP contribution in [0.5, 0.6) is 0 Å². The Balaban J connectivity index is 1.42. The molecule has 154 valence electrons. The molecule has 3 aromatic carbocycles. The summed E-state index contributed by atoms with van der Waals surface area (Å²) in [5.74, 6) is 0.0667. The van der Waals surface area contributed by atoms with Gasteiger partial charge in [-0.3, -0.25) is 4.79 Å². The lowest BCUT2D eigenvalue weighted by atomic mass is 9.88. The second-order valence-electron chi connectivity index (χ2n) is 7.96. The number of likely N-dealkylation sites (N-methyl/N-ethyl adjacent to an activating group) is 1. The molecule has 1 aliphatic heterocycles. The quantitative estimate of drug-likeness (QED) is 0.658. The molecule has 0 unspecified atom stereocenters. The van der Waals surface area contributed by atoms with Gasteiger partial charge in [0.05, 0.1) is 0 Å². The minimum atomic E-state index is 0.0278. The number of nitrogens with one attached hydrogen (secondary N) is 1. The van der Waals surface area contributed by atoms with Crippen molar-refractivity contribution >= 4 is 17.3 Å². The van der Waals surface area contributed by atoms with Gasteiger partial charge in [-0.15, -0.1) is 0 Å². The highest BCUT2D eigenvalue weighted by molar-refractivity contribution is 5.91. The summed E-state index contributed by atoms with van der Waals surface area (Å²) in [6.45, 7) is 4.24. The number of piperazine rings is 1. The smallest absolute Gasteiger partial charge is 0.225 e. The first-order valence-corrected chi connectivity index (χ1v) is 10.6.